The van der Waals surface area contributed by atoms with Crippen molar-refractivity contribution >= 4 is 16.7 Å². The van der Waals surface area contributed by atoms with Crippen LogP contribution in [-0.4, -0.2) is 0 Å². The van der Waals surface area contributed by atoms with E-state index in [-0.39, 0.29) is 0 Å². The Morgan fingerprint density at radius 2 is 1.30 bits per heavy atom. The molecule has 1 aliphatic carbocycles. The molecule has 0 fully saturated rings. The van der Waals surface area contributed by atoms with Gasteiger partial charge in [0.1, 0.15) is 0 Å². The van der Waals surface area contributed by atoms with E-state index in [0.29, 0.717) is 5.92 Å². The van der Waals surface area contributed by atoms with Gasteiger partial charge in [-0.15, -0.1) is 0 Å². The molecular weight excluding hydrogens is 553 g/mol. The molecule has 46 heavy (non-hydrogen) atoms. The predicted octanol–water partition coefficient (Wildman–Crippen LogP) is 15.7. The number of hydrogen-bond acceptors (Lipinski definition) is 0. The zero-order chi connectivity index (χ0) is 35.2. The Hall–Kier alpha value is -2.86. The Morgan fingerprint density at radius 1 is 0.761 bits per heavy atom. The Labute approximate surface area is 287 Å². The summed E-state index contributed by atoms with van der Waals surface area (Å²) in [6, 6.07) is 13.8. The summed E-state index contributed by atoms with van der Waals surface area (Å²) in [6.45, 7) is 36.4. The van der Waals surface area contributed by atoms with E-state index in [0.717, 1.165) is 17.9 Å². The fraction of sp³-hybridized carbons (Fsp3) is 0.522. The van der Waals surface area contributed by atoms with Crippen LogP contribution in [0, 0.1) is 19.8 Å². The molecule has 0 nitrogen and oxygen atoms in total. The van der Waals surface area contributed by atoms with Gasteiger partial charge < -0.3 is 0 Å². The van der Waals surface area contributed by atoms with Crippen LogP contribution in [0.2, 0.25) is 0 Å². The van der Waals surface area contributed by atoms with Gasteiger partial charge in [0.05, 0.1) is 0 Å². The third kappa shape index (κ3) is 13.5. The van der Waals surface area contributed by atoms with E-state index in [4.69, 9.17) is 0 Å². The van der Waals surface area contributed by atoms with Crippen LogP contribution in [0.1, 0.15) is 173 Å². The maximum absolute atomic E-state index is 4.10. The highest BCUT2D eigenvalue weighted by Gasteiger charge is 2.21. The second kappa shape index (κ2) is 24.3. The molecule has 0 saturated heterocycles. The van der Waals surface area contributed by atoms with Gasteiger partial charge >= 0.3 is 0 Å². The Balaban J connectivity index is 0.00000145. The van der Waals surface area contributed by atoms with Crippen LogP contribution in [-0.2, 0) is 0 Å². The lowest BCUT2D eigenvalue weighted by Crippen LogP contribution is -2.03. The number of rotatable bonds is 14. The van der Waals surface area contributed by atoms with Crippen LogP contribution in [0.15, 0.2) is 78.9 Å². The van der Waals surface area contributed by atoms with Gasteiger partial charge in [-0.25, -0.2) is 0 Å². The average molecular weight is 625 g/mol. The van der Waals surface area contributed by atoms with Gasteiger partial charge in [0.25, 0.3) is 0 Å². The summed E-state index contributed by atoms with van der Waals surface area (Å²) in [5.41, 5.74) is 14.7. The molecule has 0 bridgehead atoms. The summed E-state index contributed by atoms with van der Waals surface area (Å²) >= 11 is 0. The molecule has 0 radical (unpaired) electrons. The third-order valence-corrected chi connectivity index (χ3v) is 8.78. The van der Waals surface area contributed by atoms with Crippen LogP contribution in [0.25, 0.3) is 16.7 Å². The predicted molar refractivity (Wildman–Crippen MR) is 215 cm³/mol. The maximum atomic E-state index is 4.10. The number of benzene rings is 2. The summed E-state index contributed by atoms with van der Waals surface area (Å²) in [5, 5.41) is 0. The van der Waals surface area contributed by atoms with Gasteiger partial charge in [0.15, 0.2) is 0 Å². The first kappa shape index (κ1) is 43.1. The molecule has 0 saturated carbocycles. The Morgan fingerprint density at radius 3 is 1.78 bits per heavy atom. The van der Waals surface area contributed by atoms with Crippen LogP contribution in [0.4, 0.5) is 0 Å². The fourth-order valence-electron chi connectivity index (χ4n) is 6.52. The molecule has 0 aromatic heterocycles. The lowest BCUT2D eigenvalue weighted by molar-refractivity contribution is 0.480. The number of allylic oxidation sites excluding steroid dienone is 8. The van der Waals surface area contributed by atoms with Crippen molar-refractivity contribution in [1.29, 1.82) is 0 Å². The third-order valence-electron chi connectivity index (χ3n) is 8.78. The van der Waals surface area contributed by atoms with Crippen molar-refractivity contribution in [2.45, 2.75) is 154 Å². The largest absolute Gasteiger partial charge is 0.0990 e. The van der Waals surface area contributed by atoms with E-state index in [1.165, 1.54) is 107 Å². The highest BCUT2D eigenvalue weighted by Crippen LogP contribution is 2.42. The van der Waals surface area contributed by atoms with Crippen molar-refractivity contribution in [2.75, 3.05) is 0 Å². The number of aryl methyl sites for hydroxylation is 2. The second-order valence-electron chi connectivity index (χ2n) is 12.7. The second-order valence-corrected chi connectivity index (χ2v) is 12.7. The van der Waals surface area contributed by atoms with Crippen molar-refractivity contribution in [3.05, 3.63) is 112 Å². The standard InChI is InChI=1S/C34H42.C8H18.2C2H6/c1-9-12-27(13-10-2)33-21-29(16-15-24(33)6)32(14-11-3)34-22-30(20-26(34)8)31-18-17-28(23(4)5)19-25(31)7;1-4-6-8(3)7-5-2;2*1-2/h11,14-21,27H,3-4,9-10,12-13,22H2,1-2,5-8H3;8H,4-7H2,1-3H3;2*1-2H3/b32-14-;;;. The molecule has 0 amide bonds. The van der Waals surface area contributed by atoms with Gasteiger partial charge in [-0.2, -0.15) is 0 Å². The summed E-state index contributed by atoms with van der Waals surface area (Å²) in [6.07, 6.45) is 18.0. The molecule has 2 aromatic carbocycles. The maximum Gasteiger partial charge on any atom is -0.00108 e. The SMILES string of the molecule is C=C/C=C(\C1=C(C)C=C(c2ccc(C(=C)C)cc2C)C1)c1ccc(C)c(C(CCC)CCC)c1.CC.CC.CCCC(C)CCC. The van der Waals surface area contributed by atoms with Crippen LogP contribution >= 0.6 is 0 Å². The topological polar surface area (TPSA) is 0 Å². The van der Waals surface area contributed by atoms with E-state index in [1.807, 2.05) is 33.8 Å². The fourth-order valence-corrected chi connectivity index (χ4v) is 6.52. The molecule has 0 N–H and O–H groups in total. The van der Waals surface area contributed by atoms with Gasteiger partial charge in [-0.1, -0.05) is 174 Å². The van der Waals surface area contributed by atoms with Crippen molar-refractivity contribution < 1.29 is 0 Å². The molecule has 0 heterocycles. The molecule has 3 rings (SSSR count). The van der Waals surface area contributed by atoms with Gasteiger partial charge in [-0.05, 0) is 114 Å². The molecule has 0 aliphatic heterocycles. The van der Waals surface area contributed by atoms with Crippen molar-refractivity contribution in [3.63, 3.8) is 0 Å². The minimum Gasteiger partial charge on any atom is -0.0990 e. The van der Waals surface area contributed by atoms with E-state index in [1.54, 1.807) is 0 Å². The molecule has 0 heteroatoms. The molecule has 0 atom stereocenters. The average Bonchev–Trinajstić information content (AvgIpc) is 3.43. The monoisotopic (exact) mass is 625 g/mol. The van der Waals surface area contributed by atoms with E-state index in [2.05, 4.69) is 124 Å². The van der Waals surface area contributed by atoms with E-state index >= 15 is 0 Å². The molecule has 0 unspecified atom stereocenters. The Bertz CT molecular complexity index is 1260. The first-order chi connectivity index (χ1) is 22.1. The quantitative estimate of drug-likeness (QED) is 0.183. The van der Waals surface area contributed by atoms with Crippen LogP contribution in [0.5, 0.6) is 0 Å². The van der Waals surface area contributed by atoms with Gasteiger partial charge in [-0.3, -0.25) is 0 Å². The lowest BCUT2D eigenvalue weighted by atomic mass is 9.84. The summed E-state index contributed by atoms with van der Waals surface area (Å²) < 4.78 is 0. The minimum absolute atomic E-state index is 0.641. The Kier molecular flexibility index (Phi) is 22.8. The van der Waals surface area contributed by atoms with Gasteiger partial charge in [0.2, 0.25) is 0 Å². The summed E-state index contributed by atoms with van der Waals surface area (Å²) in [4.78, 5) is 0. The smallest absolute Gasteiger partial charge is 0.00108 e. The van der Waals surface area contributed by atoms with Gasteiger partial charge in [0, 0.05) is 0 Å². The summed E-state index contributed by atoms with van der Waals surface area (Å²) in [7, 11) is 0. The zero-order valence-electron chi connectivity index (χ0n) is 32.6. The normalized spacial score (nSPS) is 12.5. The molecule has 0 spiro atoms. The molecule has 1 aliphatic rings. The first-order valence-electron chi connectivity index (χ1n) is 18.7. The van der Waals surface area contributed by atoms with Crippen molar-refractivity contribution in [2.24, 2.45) is 5.92 Å². The van der Waals surface area contributed by atoms with E-state index in [9.17, 15) is 0 Å². The van der Waals surface area contributed by atoms with Crippen molar-refractivity contribution in [3.8, 4) is 0 Å². The summed E-state index contributed by atoms with van der Waals surface area (Å²) in [5.74, 6) is 1.60. The van der Waals surface area contributed by atoms with Crippen molar-refractivity contribution in [1.82, 2.24) is 0 Å². The van der Waals surface area contributed by atoms with Crippen LogP contribution in [0.3, 0.4) is 0 Å². The van der Waals surface area contributed by atoms with E-state index < -0.39 is 0 Å². The highest BCUT2D eigenvalue weighted by molar-refractivity contribution is 5.90. The minimum atomic E-state index is 0.641. The molecule has 2 aromatic rings. The first-order valence-corrected chi connectivity index (χ1v) is 18.7. The molecule has 256 valence electrons. The lowest BCUT2D eigenvalue weighted by Gasteiger charge is -2.21. The molecular formula is C46H72. The number of hydrogen-bond donors (Lipinski definition) is 0. The van der Waals surface area contributed by atoms with Crippen LogP contribution < -0.4 is 0 Å². The zero-order valence-corrected chi connectivity index (χ0v) is 32.6. The highest BCUT2D eigenvalue weighted by atomic mass is 14.3.